The standard InChI is InChI=1S/C23H28N2O2/c1-3-21(26)25-15-7-14-23(17-25,22(27)24-2)16-18-10-12-20(13-11-18)19-8-5-4-6-9-19/h4-6,8-13H,3,7,14-17H2,1-2H3,(H,24,27). The van der Waals surface area contributed by atoms with Gasteiger partial charge < -0.3 is 10.2 Å². The van der Waals surface area contributed by atoms with E-state index in [1.54, 1.807) is 7.05 Å². The van der Waals surface area contributed by atoms with Crippen LogP contribution in [0, 0.1) is 5.41 Å². The summed E-state index contributed by atoms with van der Waals surface area (Å²) >= 11 is 0. The van der Waals surface area contributed by atoms with Crippen LogP contribution in [0.3, 0.4) is 0 Å². The minimum Gasteiger partial charge on any atom is -0.359 e. The Labute approximate surface area is 161 Å². The SMILES string of the molecule is CCC(=O)N1CCCC(Cc2ccc(-c3ccccc3)cc2)(C(=O)NC)C1. The predicted octanol–water partition coefficient (Wildman–Crippen LogP) is 3.66. The Hall–Kier alpha value is -2.62. The maximum absolute atomic E-state index is 12.8. The average molecular weight is 364 g/mol. The zero-order valence-electron chi connectivity index (χ0n) is 16.2. The first kappa shape index (κ1) is 19.2. The Morgan fingerprint density at radius 3 is 2.33 bits per heavy atom. The number of piperidine rings is 1. The van der Waals surface area contributed by atoms with Gasteiger partial charge in [0, 0.05) is 26.6 Å². The fourth-order valence-electron chi connectivity index (χ4n) is 4.08. The highest BCUT2D eigenvalue weighted by Gasteiger charge is 2.42. The first-order chi connectivity index (χ1) is 13.1. The van der Waals surface area contributed by atoms with E-state index in [9.17, 15) is 9.59 Å². The summed E-state index contributed by atoms with van der Waals surface area (Å²) in [7, 11) is 1.68. The molecule has 4 heteroatoms. The summed E-state index contributed by atoms with van der Waals surface area (Å²) in [5, 5.41) is 2.83. The number of nitrogens with zero attached hydrogens (tertiary/aromatic N) is 1. The molecule has 0 aromatic heterocycles. The molecule has 1 atom stereocenters. The first-order valence-corrected chi connectivity index (χ1v) is 9.72. The van der Waals surface area contributed by atoms with Gasteiger partial charge in [0.25, 0.3) is 0 Å². The summed E-state index contributed by atoms with van der Waals surface area (Å²) < 4.78 is 0. The van der Waals surface area contributed by atoms with Crippen molar-refractivity contribution in [3.05, 3.63) is 60.2 Å². The molecule has 2 amide bonds. The van der Waals surface area contributed by atoms with E-state index in [0.717, 1.165) is 24.9 Å². The zero-order chi connectivity index (χ0) is 19.3. The van der Waals surface area contributed by atoms with Crippen LogP contribution in [-0.2, 0) is 16.0 Å². The highest BCUT2D eigenvalue weighted by atomic mass is 16.2. The Morgan fingerprint density at radius 2 is 1.70 bits per heavy atom. The van der Waals surface area contributed by atoms with E-state index in [0.29, 0.717) is 19.4 Å². The van der Waals surface area contributed by atoms with E-state index in [-0.39, 0.29) is 11.8 Å². The molecule has 0 saturated carbocycles. The van der Waals surface area contributed by atoms with Crippen LogP contribution >= 0.6 is 0 Å². The molecular weight excluding hydrogens is 336 g/mol. The van der Waals surface area contributed by atoms with E-state index < -0.39 is 5.41 Å². The van der Waals surface area contributed by atoms with Crippen molar-refractivity contribution < 1.29 is 9.59 Å². The first-order valence-electron chi connectivity index (χ1n) is 9.72. The van der Waals surface area contributed by atoms with Gasteiger partial charge >= 0.3 is 0 Å². The fourth-order valence-corrected chi connectivity index (χ4v) is 4.08. The van der Waals surface area contributed by atoms with Crippen LogP contribution in [0.4, 0.5) is 0 Å². The molecule has 0 spiro atoms. The van der Waals surface area contributed by atoms with Gasteiger partial charge in [-0.05, 0) is 36.0 Å². The number of benzene rings is 2. The van der Waals surface area contributed by atoms with Gasteiger partial charge in [0.1, 0.15) is 0 Å². The van der Waals surface area contributed by atoms with Crippen LogP contribution in [0.5, 0.6) is 0 Å². The molecule has 142 valence electrons. The molecule has 2 aromatic rings. The van der Waals surface area contributed by atoms with Gasteiger partial charge in [-0.2, -0.15) is 0 Å². The summed E-state index contributed by atoms with van der Waals surface area (Å²) in [4.78, 5) is 26.9. The normalized spacial score (nSPS) is 19.6. The van der Waals surface area contributed by atoms with Gasteiger partial charge in [0.05, 0.1) is 5.41 Å². The zero-order valence-corrected chi connectivity index (χ0v) is 16.2. The number of hydrogen-bond donors (Lipinski definition) is 1. The van der Waals surface area contributed by atoms with Gasteiger partial charge in [-0.25, -0.2) is 0 Å². The number of nitrogens with one attached hydrogen (secondary N) is 1. The van der Waals surface area contributed by atoms with Gasteiger partial charge in [-0.3, -0.25) is 9.59 Å². The molecular formula is C23H28N2O2. The summed E-state index contributed by atoms with van der Waals surface area (Å²) in [6, 6.07) is 18.7. The number of rotatable bonds is 5. The lowest BCUT2D eigenvalue weighted by molar-refractivity contribution is -0.141. The summed E-state index contributed by atoms with van der Waals surface area (Å²) in [6.45, 7) is 3.12. The van der Waals surface area contributed by atoms with Crippen LogP contribution in [0.1, 0.15) is 31.7 Å². The van der Waals surface area contributed by atoms with Gasteiger partial charge in [-0.1, -0.05) is 61.5 Å². The van der Waals surface area contributed by atoms with Crippen molar-refractivity contribution in [3.63, 3.8) is 0 Å². The van der Waals surface area contributed by atoms with Crippen LogP contribution in [-0.4, -0.2) is 36.9 Å². The van der Waals surface area contributed by atoms with Gasteiger partial charge in [-0.15, -0.1) is 0 Å². The molecule has 1 fully saturated rings. The van der Waals surface area contributed by atoms with E-state index in [1.165, 1.54) is 11.1 Å². The smallest absolute Gasteiger partial charge is 0.228 e. The highest BCUT2D eigenvalue weighted by Crippen LogP contribution is 2.35. The molecule has 3 rings (SSSR count). The van der Waals surface area contributed by atoms with Crippen molar-refractivity contribution in [2.45, 2.75) is 32.6 Å². The second-order valence-corrected chi connectivity index (χ2v) is 7.37. The molecule has 0 aliphatic carbocycles. The molecule has 1 aliphatic rings. The Balaban J connectivity index is 1.82. The second-order valence-electron chi connectivity index (χ2n) is 7.37. The highest BCUT2D eigenvalue weighted by molar-refractivity contribution is 5.84. The molecule has 0 radical (unpaired) electrons. The summed E-state index contributed by atoms with van der Waals surface area (Å²) in [5.74, 6) is 0.158. The number of carbonyl (C=O) groups is 2. The number of carbonyl (C=O) groups excluding carboxylic acids is 2. The molecule has 1 heterocycles. The van der Waals surface area contributed by atoms with Crippen molar-refractivity contribution >= 4 is 11.8 Å². The number of amides is 2. The lowest BCUT2D eigenvalue weighted by Crippen LogP contribution is -2.53. The lowest BCUT2D eigenvalue weighted by atomic mass is 9.74. The molecule has 0 bridgehead atoms. The average Bonchev–Trinajstić information content (AvgIpc) is 2.73. The van der Waals surface area contributed by atoms with Crippen LogP contribution in [0.15, 0.2) is 54.6 Å². The van der Waals surface area contributed by atoms with Crippen LogP contribution in [0.25, 0.3) is 11.1 Å². The molecule has 1 unspecified atom stereocenters. The van der Waals surface area contributed by atoms with E-state index in [2.05, 4.69) is 41.7 Å². The maximum Gasteiger partial charge on any atom is 0.228 e. The third-order valence-electron chi connectivity index (χ3n) is 5.54. The van der Waals surface area contributed by atoms with Crippen molar-refractivity contribution in [1.82, 2.24) is 10.2 Å². The Morgan fingerprint density at radius 1 is 1.04 bits per heavy atom. The van der Waals surface area contributed by atoms with Crippen molar-refractivity contribution in [2.24, 2.45) is 5.41 Å². The van der Waals surface area contributed by atoms with Gasteiger partial charge in [0.2, 0.25) is 11.8 Å². The van der Waals surface area contributed by atoms with E-state index in [4.69, 9.17) is 0 Å². The van der Waals surface area contributed by atoms with Crippen molar-refractivity contribution in [1.29, 1.82) is 0 Å². The van der Waals surface area contributed by atoms with E-state index in [1.807, 2.05) is 30.0 Å². The van der Waals surface area contributed by atoms with Crippen molar-refractivity contribution in [3.8, 4) is 11.1 Å². The lowest BCUT2D eigenvalue weighted by Gasteiger charge is -2.41. The molecule has 4 nitrogen and oxygen atoms in total. The molecule has 1 saturated heterocycles. The third kappa shape index (κ3) is 4.21. The Bertz CT molecular complexity index is 786. The monoisotopic (exact) mass is 364 g/mol. The van der Waals surface area contributed by atoms with Crippen molar-refractivity contribution in [2.75, 3.05) is 20.1 Å². The summed E-state index contributed by atoms with van der Waals surface area (Å²) in [5.41, 5.74) is 2.93. The molecule has 2 aromatic carbocycles. The molecule has 27 heavy (non-hydrogen) atoms. The maximum atomic E-state index is 12.8. The third-order valence-corrected chi connectivity index (χ3v) is 5.54. The minimum absolute atomic E-state index is 0.0308. The summed E-state index contributed by atoms with van der Waals surface area (Å²) in [6.07, 6.45) is 2.80. The second kappa shape index (κ2) is 8.38. The van der Waals surface area contributed by atoms with Crippen LogP contribution < -0.4 is 5.32 Å². The Kier molecular flexibility index (Phi) is 5.94. The predicted molar refractivity (Wildman–Crippen MR) is 108 cm³/mol. The molecule has 1 N–H and O–H groups in total. The van der Waals surface area contributed by atoms with Crippen LogP contribution in [0.2, 0.25) is 0 Å². The number of hydrogen-bond acceptors (Lipinski definition) is 2. The fraction of sp³-hybridized carbons (Fsp3) is 0.391. The van der Waals surface area contributed by atoms with Gasteiger partial charge in [0.15, 0.2) is 0 Å². The largest absolute Gasteiger partial charge is 0.359 e. The topological polar surface area (TPSA) is 49.4 Å². The molecule has 1 aliphatic heterocycles. The van der Waals surface area contributed by atoms with E-state index >= 15 is 0 Å². The minimum atomic E-state index is -0.550. The number of likely N-dealkylation sites (tertiary alicyclic amines) is 1. The quantitative estimate of drug-likeness (QED) is 0.880.